The second-order valence-electron chi connectivity index (χ2n) is 3.21. The second kappa shape index (κ2) is 4.61. The first kappa shape index (κ1) is 11.3. The van der Waals surface area contributed by atoms with Crippen LogP contribution in [-0.4, -0.2) is 0 Å². The molecule has 4 N–H and O–H groups in total. The van der Waals surface area contributed by atoms with Crippen molar-refractivity contribution in [3.8, 4) is 0 Å². The van der Waals surface area contributed by atoms with Crippen LogP contribution in [0.2, 0.25) is 0 Å². The molecule has 1 aromatic carbocycles. The van der Waals surface area contributed by atoms with Gasteiger partial charge in [-0.2, -0.15) is 0 Å². The summed E-state index contributed by atoms with van der Waals surface area (Å²) in [5, 5.41) is 1.41. The Kier molecular flexibility index (Phi) is 3.46. The van der Waals surface area contributed by atoms with Gasteiger partial charge in [-0.3, -0.25) is 5.01 Å². The van der Waals surface area contributed by atoms with Crippen molar-refractivity contribution in [2.45, 2.75) is 6.92 Å². The predicted octanol–water partition coefficient (Wildman–Crippen LogP) is 1.88. The minimum Gasteiger partial charge on any atom is -0.399 e. The van der Waals surface area contributed by atoms with Gasteiger partial charge in [-0.05, 0) is 37.3 Å². The first-order valence-electron chi connectivity index (χ1n) is 4.44. The molecular formula is C11H14FN3. The number of hydrogen-bond donors (Lipinski definition) is 2. The number of rotatable bonds is 3. The maximum Gasteiger partial charge on any atom is 0.123 e. The molecule has 0 aliphatic rings. The molecule has 0 amide bonds. The second-order valence-corrected chi connectivity index (χ2v) is 3.21. The van der Waals surface area contributed by atoms with E-state index >= 15 is 0 Å². The third kappa shape index (κ3) is 3.11. The maximum absolute atomic E-state index is 12.7. The van der Waals surface area contributed by atoms with Crippen LogP contribution in [-0.2, 0) is 0 Å². The number of benzene rings is 1. The standard InChI is InChI=1S/C11H14FN3/c1-8(13)7-9(2)15(14)11-5-3-10(12)4-6-11/h3-7H,1,13-14H2,2H3/b9-7-. The van der Waals surface area contributed by atoms with Crippen LogP contribution in [0.15, 0.2) is 48.3 Å². The number of allylic oxidation sites excluding steroid dienone is 2. The maximum atomic E-state index is 12.7. The average molecular weight is 207 g/mol. The SMILES string of the molecule is C=C(N)/C=C(/C)N(N)c1ccc(F)cc1. The number of hydrogen-bond acceptors (Lipinski definition) is 3. The molecule has 0 radical (unpaired) electrons. The van der Waals surface area contributed by atoms with Gasteiger partial charge in [0.25, 0.3) is 0 Å². The lowest BCUT2D eigenvalue weighted by Gasteiger charge is -2.19. The van der Waals surface area contributed by atoms with E-state index in [4.69, 9.17) is 11.6 Å². The third-order valence-corrected chi connectivity index (χ3v) is 1.88. The van der Waals surface area contributed by atoms with Crippen LogP contribution in [0.5, 0.6) is 0 Å². The van der Waals surface area contributed by atoms with E-state index in [2.05, 4.69) is 6.58 Å². The fourth-order valence-corrected chi connectivity index (χ4v) is 1.14. The molecule has 0 bridgehead atoms. The lowest BCUT2D eigenvalue weighted by molar-refractivity contribution is 0.627. The van der Waals surface area contributed by atoms with Crippen molar-refractivity contribution < 1.29 is 4.39 Å². The quantitative estimate of drug-likeness (QED) is 0.452. The van der Waals surface area contributed by atoms with Crippen molar-refractivity contribution in [2.24, 2.45) is 11.6 Å². The Balaban J connectivity index is 2.89. The lowest BCUT2D eigenvalue weighted by Crippen LogP contribution is -2.28. The van der Waals surface area contributed by atoms with E-state index in [1.165, 1.54) is 17.1 Å². The third-order valence-electron chi connectivity index (χ3n) is 1.88. The molecule has 0 unspecified atom stereocenters. The van der Waals surface area contributed by atoms with Gasteiger partial charge in [0.05, 0.1) is 5.69 Å². The number of nitrogens with zero attached hydrogens (tertiary/aromatic N) is 1. The summed E-state index contributed by atoms with van der Waals surface area (Å²) in [6.07, 6.45) is 1.64. The zero-order valence-electron chi connectivity index (χ0n) is 8.57. The first-order chi connectivity index (χ1) is 7.00. The van der Waals surface area contributed by atoms with Gasteiger partial charge in [0.1, 0.15) is 5.82 Å². The van der Waals surface area contributed by atoms with Gasteiger partial charge in [0.15, 0.2) is 0 Å². The van der Waals surface area contributed by atoms with E-state index in [-0.39, 0.29) is 5.82 Å². The summed E-state index contributed by atoms with van der Waals surface area (Å²) in [5.41, 5.74) is 7.26. The van der Waals surface area contributed by atoms with Crippen molar-refractivity contribution in [3.05, 3.63) is 54.1 Å². The summed E-state index contributed by atoms with van der Waals surface area (Å²) in [5.74, 6) is 5.49. The van der Waals surface area contributed by atoms with Crippen LogP contribution in [0.4, 0.5) is 10.1 Å². The highest BCUT2D eigenvalue weighted by molar-refractivity contribution is 5.50. The number of anilines is 1. The molecule has 0 saturated heterocycles. The Hall–Kier alpha value is -1.81. The average Bonchev–Trinajstić information content (AvgIpc) is 2.17. The molecule has 0 fully saturated rings. The molecular weight excluding hydrogens is 193 g/mol. The fraction of sp³-hybridized carbons (Fsp3) is 0.0909. The molecule has 0 aromatic heterocycles. The van der Waals surface area contributed by atoms with Crippen molar-refractivity contribution in [1.29, 1.82) is 0 Å². The normalized spacial score (nSPS) is 11.3. The highest BCUT2D eigenvalue weighted by Gasteiger charge is 2.03. The highest BCUT2D eigenvalue weighted by Crippen LogP contribution is 2.15. The van der Waals surface area contributed by atoms with Gasteiger partial charge in [-0.15, -0.1) is 0 Å². The van der Waals surface area contributed by atoms with Crippen molar-refractivity contribution in [3.63, 3.8) is 0 Å². The zero-order valence-corrected chi connectivity index (χ0v) is 8.57. The molecule has 0 aliphatic carbocycles. The summed E-state index contributed by atoms with van der Waals surface area (Å²) in [6.45, 7) is 5.34. The van der Waals surface area contributed by atoms with E-state index in [0.717, 1.165) is 5.70 Å². The predicted molar refractivity (Wildman–Crippen MR) is 60.2 cm³/mol. The van der Waals surface area contributed by atoms with Crippen LogP contribution in [0, 0.1) is 5.82 Å². The summed E-state index contributed by atoms with van der Waals surface area (Å²) >= 11 is 0. The highest BCUT2D eigenvalue weighted by atomic mass is 19.1. The fourth-order valence-electron chi connectivity index (χ4n) is 1.14. The van der Waals surface area contributed by atoms with Crippen molar-refractivity contribution >= 4 is 5.69 Å². The molecule has 15 heavy (non-hydrogen) atoms. The molecule has 0 atom stereocenters. The van der Waals surface area contributed by atoms with E-state index in [1.54, 1.807) is 25.1 Å². The topological polar surface area (TPSA) is 55.3 Å². The van der Waals surface area contributed by atoms with Crippen LogP contribution in [0.1, 0.15) is 6.92 Å². The van der Waals surface area contributed by atoms with Crippen LogP contribution >= 0.6 is 0 Å². The Morgan fingerprint density at radius 3 is 2.40 bits per heavy atom. The molecule has 0 saturated carbocycles. The summed E-state index contributed by atoms with van der Waals surface area (Å²) < 4.78 is 12.7. The van der Waals surface area contributed by atoms with Gasteiger partial charge in [0.2, 0.25) is 0 Å². The van der Waals surface area contributed by atoms with Crippen LogP contribution in [0.25, 0.3) is 0 Å². The first-order valence-corrected chi connectivity index (χ1v) is 4.44. The Bertz CT molecular complexity index is 381. The van der Waals surface area contributed by atoms with Gasteiger partial charge in [-0.25, -0.2) is 10.2 Å². The Morgan fingerprint density at radius 1 is 1.40 bits per heavy atom. The van der Waals surface area contributed by atoms with E-state index in [9.17, 15) is 4.39 Å². The van der Waals surface area contributed by atoms with E-state index < -0.39 is 0 Å². The Labute approximate surface area is 88.5 Å². The molecule has 0 aliphatic heterocycles. The summed E-state index contributed by atoms with van der Waals surface area (Å²) in [6, 6.07) is 5.87. The molecule has 4 heteroatoms. The summed E-state index contributed by atoms with van der Waals surface area (Å²) in [4.78, 5) is 0. The van der Waals surface area contributed by atoms with Gasteiger partial charge < -0.3 is 5.73 Å². The molecule has 1 aromatic rings. The number of nitrogens with two attached hydrogens (primary N) is 2. The van der Waals surface area contributed by atoms with Gasteiger partial charge >= 0.3 is 0 Å². The smallest absolute Gasteiger partial charge is 0.123 e. The van der Waals surface area contributed by atoms with Crippen molar-refractivity contribution in [2.75, 3.05) is 5.01 Å². The minimum absolute atomic E-state index is 0.294. The number of halogens is 1. The largest absolute Gasteiger partial charge is 0.399 e. The molecule has 80 valence electrons. The lowest BCUT2D eigenvalue weighted by atomic mass is 10.3. The molecule has 3 nitrogen and oxygen atoms in total. The van der Waals surface area contributed by atoms with Crippen LogP contribution in [0.3, 0.4) is 0 Å². The molecule has 1 rings (SSSR count). The zero-order chi connectivity index (χ0) is 11.4. The minimum atomic E-state index is -0.294. The van der Waals surface area contributed by atoms with Gasteiger partial charge in [-0.1, -0.05) is 6.58 Å². The Morgan fingerprint density at radius 2 is 1.93 bits per heavy atom. The van der Waals surface area contributed by atoms with Gasteiger partial charge in [0, 0.05) is 11.4 Å². The van der Waals surface area contributed by atoms with E-state index in [1.807, 2.05) is 0 Å². The van der Waals surface area contributed by atoms with E-state index in [0.29, 0.717) is 11.4 Å². The molecule has 0 spiro atoms. The summed E-state index contributed by atoms with van der Waals surface area (Å²) in [7, 11) is 0. The van der Waals surface area contributed by atoms with Crippen LogP contribution < -0.4 is 16.6 Å². The number of hydrazine groups is 1. The monoisotopic (exact) mass is 207 g/mol. The molecule has 0 heterocycles. The van der Waals surface area contributed by atoms with Crippen molar-refractivity contribution in [1.82, 2.24) is 0 Å².